The zero-order valence-electron chi connectivity index (χ0n) is 11.1. The second-order valence-corrected chi connectivity index (χ2v) is 6.46. The first-order valence-electron chi connectivity index (χ1n) is 6.11. The Bertz CT molecular complexity index is 753. The largest absolute Gasteiger partial charge is 0.352 e. The van der Waals surface area contributed by atoms with Crippen LogP contribution in [0.25, 0.3) is 0 Å². The minimum atomic E-state index is -4.61. The third-order valence-corrected chi connectivity index (χ3v) is 3.71. The summed E-state index contributed by atoms with van der Waals surface area (Å²) in [4.78, 5) is 42.1. The average Bonchev–Trinajstić information content (AvgIpc) is 2.73. The van der Waals surface area contributed by atoms with Gasteiger partial charge in [-0.25, -0.2) is 13.6 Å². The molecule has 2 atom stereocenters. The van der Waals surface area contributed by atoms with Gasteiger partial charge < -0.3 is 14.5 Å². The van der Waals surface area contributed by atoms with E-state index < -0.39 is 49.3 Å². The molecule has 0 aromatic carbocycles. The van der Waals surface area contributed by atoms with Crippen LogP contribution in [0.3, 0.4) is 0 Å². The average molecular weight is 338 g/mol. The second-order valence-electron chi connectivity index (χ2n) is 4.87. The molecule has 11 heteroatoms. The van der Waals surface area contributed by atoms with Crippen molar-refractivity contribution in [2.45, 2.75) is 18.1 Å². The Morgan fingerprint density at radius 2 is 2.18 bits per heavy atom. The third kappa shape index (κ3) is 3.41. The van der Waals surface area contributed by atoms with Crippen LogP contribution in [0, 0.1) is 0 Å². The molecule has 122 valence electrons. The predicted molar refractivity (Wildman–Crippen MR) is 70.9 cm³/mol. The molecule has 0 fully saturated rings. The van der Waals surface area contributed by atoms with Gasteiger partial charge >= 0.3 is 13.3 Å². The van der Waals surface area contributed by atoms with E-state index >= 15 is 0 Å². The van der Waals surface area contributed by atoms with Crippen LogP contribution in [-0.4, -0.2) is 38.0 Å². The minimum Gasteiger partial charge on any atom is -0.352 e. The van der Waals surface area contributed by atoms with Crippen molar-refractivity contribution in [3.05, 3.63) is 45.0 Å². The van der Waals surface area contributed by atoms with Crippen LogP contribution in [0.1, 0.15) is 12.5 Å². The van der Waals surface area contributed by atoms with Crippen molar-refractivity contribution < 1.29 is 27.9 Å². The maximum absolute atomic E-state index is 14.0. The van der Waals surface area contributed by atoms with Crippen molar-refractivity contribution in [3.63, 3.8) is 0 Å². The predicted octanol–water partition coefficient (Wildman–Crippen LogP) is 0.195. The second kappa shape index (κ2) is 5.88. The lowest BCUT2D eigenvalue weighted by molar-refractivity contribution is -0.0335. The van der Waals surface area contributed by atoms with Gasteiger partial charge in [0.1, 0.15) is 18.8 Å². The van der Waals surface area contributed by atoms with Crippen LogP contribution < -0.4 is 11.2 Å². The molecule has 22 heavy (non-hydrogen) atoms. The van der Waals surface area contributed by atoms with Gasteiger partial charge in [-0.05, 0) is 6.08 Å². The first-order chi connectivity index (χ1) is 10.2. The van der Waals surface area contributed by atoms with Crippen molar-refractivity contribution in [1.29, 1.82) is 0 Å². The highest BCUT2D eigenvalue weighted by molar-refractivity contribution is 7.51. The van der Waals surface area contributed by atoms with E-state index in [-0.39, 0.29) is 6.42 Å². The number of H-pyrrole nitrogens is 1. The third-order valence-electron chi connectivity index (χ3n) is 3.25. The Kier molecular flexibility index (Phi) is 4.48. The molecule has 0 saturated heterocycles. The van der Waals surface area contributed by atoms with Crippen molar-refractivity contribution in [3.8, 4) is 0 Å². The number of ether oxygens (including phenoxy) is 1. The van der Waals surface area contributed by atoms with E-state index in [4.69, 9.17) is 14.5 Å². The van der Waals surface area contributed by atoms with Gasteiger partial charge in [0.25, 0.3) is 5.56 Å². The zero-order valence-corrected chi connectivity index (χ0v) is 12.0. The highest BCUT2D eigenvalue weighted by atomic mass is 31.2. The van der Waals surface area contributed by atoms with Crippen LogP contribution >= 0.6 is 7.60 Å². The minimum absolute atomic E-state index is 0.374. The SMILES string of the molecule is O=c1ccn(C2C=C(F)[C@@](CF)(OCP(=O)(O)O)C2)c(=O)[nH]1. The summed E-state index contributed by atoms with van der Waals surface area (Å²) < 4.78 is 43.8. The molecule has 1 aliphatic rings. The zero-order chi connectivity index (χ0) is 16.5. The van der Waals surface area contributed by atoms with Gasteiger partial charge in [-0.2, -0.15) is 0 Å². The summed E-state index contributed by atoms with van der Waals surface area (Å²) in [5, 5.41) is 0. The summed E-state index contributed by atoms with van der Waals surface area (Å²) in [6.07, 6.45) is 0.512. The Hall–Kier alpha value is -1.61. The van der Waals surface area contributed by atoms with E-state index in [1.54, 1.807) is 0 Å². The lowest BCUT2D eigenvalue weighted by Crippen LogP contribution is -2.37. The first-order valence-corrected chi connectivity index (χ1v) is 7.90. The molecule has 0 bridgehead atoms. The van der Waals surface area contributed by atoms with E-state index in [2.05, 4.69) is 0 Å². The highest BCUT2D eigenvalue weighted by Gasteiger charge is 2.46. The summed E-state index contributed by atoms with van der Waals surface area (Å²) >= 11 is 0. The Labute approximate surface area is 122 Å². The number of allylic oxidation sites excluding steroid dienone is 1. The van der Waals surface area contributed by atoms with Crippen LogP contribution in [0.15, 0.2) is 33.8 Å². The van der Waals surface area contributed by atoms with Crippen molar-refractivity contribution >= 4 is 7.60 Å². The standard InChI is InChI=1S/C11H13F2N2O6P/c12-5-11(21-6-22(18,19)20)4-7(3-8(11)13)15-2-1-9(16)14-10(15)17/h1-3,7H,4-6H2,(H,14,16,17)(H2,18,19,20)/t7?,11-/m1/s1. The smallest absolute Gasteiger partial charge is 0.351 e. The number of nitrogens with zero attached hydrogens (tertiary/aromatic N) is 1. The van der Waals surface area contributed by atoms with Gasteiger partial charge in [0, 0.05) is 18.7 Å². The van der Waals surface area contributed by atoms with Gasteiger partial charge in [0.2, 0.25) is 0 Å². The maximum Gasteiger partial charge on any atom is 0.351 e. The van der Waals surface area contributed by atoms with E-state index in [1.165, 1.54) is 0 Å². The lowest BCUT2D eigenvalue weighted by Gasteiger charge is -2.27. The van der Waals surface area contributed by atoms with Gasteiger partial charge in [0.15, 0.2) is 5.60 Å². The lowest BCUT2D eigenvalue weighted by atomic mass is 10.0. The van der Waals surface area contributed by atoms with Crippen LogP contribution in [0.5, 0.6) is 0 Å². The van der Waals surface area contributed by atoms with Crippen molar-refractivity contribution in [1.82, 2.24) is 9.55 Å². The number of aromatic amines is 1. The molecule has 0 saturated carbocycles. The molecular weight excluding hydrogens is 325 g/mol. The normalized spacial score (nSPS) is 25.3. The molecule has 0 aliphatic heterocycles. The maximum atomic E-state index is 14.0. The van der Waals surface area contributed by atoms with E-state index in [0.717, 1.165) is 22.9 Å². The van der Waals surface area contributed by atoms with Gasteiger partial charge in [0.05, 0.1) is 6.04 Å². The molecule has 1 aliphatic carbocycles. The molecule has 8 nitrogen and oxygen atoms in total. The summed E-state index contributed by atoms with van der Waals surface area (Å²) in [6, 6.07) is 0.0934. The van der Waals surface area contributed by atoms with Gasteiger partial charge in [-0.3, -0.25) is 18.9 Å². The van der Waals surface area contributed by atoms with E-state index in [9.17, 15) is 22.9 Å². The molecule has 3 N–H and O–H groups in total. The molecule has 1 heterocycles. The van der Waals surface area contributed by atoms with E-state index in [0.29, 0.717) is 0 Å². The fraction of sp³-hybridized carbons (Fsp3) is 0.455. The summed E-state index contributed by atoms with van der Waals surface area (Å²) in [7, 11) is -4.61. The molecule has 1 aromatic heterocycles. The number of hydrogen-bond acceptors (Lipinski definition) is 4. The fourth-order valence-corrected chi connectivity index (χ4v) is 2.59. The van der Waals surface area contributed by atoms with Gasteiger partial charge in [-0.1, -0.05) is 0 Å². The van der Waals surface area contributed by atoms with Crippen molar-refractivity contribution in [2.24, 2.45) is 0 Å². The summed E-state index contributed by atoms with van der Waals surface area (Å²) in [5.41, 5.74) is -3.61. The quantitative estimate of drug-likeness (QED) is 0.659. The van der Waals surface area contributed by atoms with Crippen LogP contribution in [0.4, 0.5) is 8.78 Å². The van der Waals surface area contributed by atoms with Crippen molar-refractivity contribution in [2.75, 3.05) is 13.0 Å². The Balaban J connectivity index is 2.28. The number of aromatic nitrogens is 2. The first kappa shape index (κ1) is 16.8. The molecular formula is C11H13F2N2O6P. The number of alkyl halides is 1. The Morgan fingerprint density at radius 3 is 2.73 bits per heavy atom. The fourth-order valence-electron chi connectivity index (χ4n) is 2.17. The number of nitrogens with one attached hydrogen (secondary N) is 1. The van der Waals surface area contributed by atoms with E-state index in [1.807, 2.05) is 4.98 Å². The molecule has 0 radical (unpaired) electrons. The monoisotopic (exact) mass is 338 g/mol. The molecule has 0 spiro atoms. The molecule has 0 amide bonds. The topological polar surface area (TPSA) is 122 Å². The van der Waals surface area contributed by atoms with Crippen LogP contribution in [-0.2, 0) is 9.30 Å². The number of hydrogen-bond donors (Lipinski definition) is 3. The molecule has 2 rings (SSSR count). The summed E-state index contributed by atoms with van der Waals surface area (Å²) in [5.74, 6) is -1.06. The molecule has 1 unspecified atom stereocenters. The molecule has 1 aromatic rings. The van der Waals surface area contributed by atoms with Crippen LogP contribution in [0.2, 0.25) is 0 Å². The summed E-state index contributed by atoms with van der Waals surface area (Å²) in [6.45, 7) is -1.36. The number of halogens is 2. The highest BCUT2D eigenvalue weighted by Crippen LogP contribution is 2.44. The Morgan fingerprint density at radius 1 is 1.50 bits per heavy atom. The number of rotatable bonds is 5. The van der Waals surface area contributed by atoms with Gasteiger partial charge in [-0.15, -0.1) is 0 Å².